The van der Waals surface area contributed by atoms with Gasteiger partial charge in [0.15, 0.2) is 0 Å². The zero-order valence-corrected chi connectivity index (χ0v) is 27.8. The molecule has 12 nitrogen and oxygen atoms in total. The molecule has 3 amide bonds. The number of amides is 3. The van der Waals surface area contributed by atoms with Gasteiger partial charge in [0.05, 0.1) is 31.1 Å². The Bertz CT molecular complexity index is 1900. The van der Waals surface area contributed by atoms with E-state index in [2.05, 4.69) is 22.1 Å². The minimum atomic E-state index is -4.82. The van der Waals surface area contributed by atoms with Crippen molar-refractivity contribution in [3.05, 3.63) is 108 Å². The lowest BCUT2D eigenvalue weighted by Crippen LogP contribution is -2.55. The van der Waals surface area contributed by atoms with Crippen molar-refractivity contribution in [1.29, 1.82) is 0 Å². The first kappa shape index (κ1) is 34.6. The second kappa shape index (κ2) is 13.9. The molecule has 2 aliphatic heterocycles. The fourth-order valence-corrected chi connectivity index (χ4v) is 6.30. The number of nitrogens with one attached hydrogen (secondary N) is 1. The third-order valence-electron chi connectivity index (χ3n) is 8.98. The van der Waals surface area contributed by atoms with Crippen molar-refractivity contribution < 1.29 is 32.3 Å². The number of anilines is 1. The van der Waals surface area contributed by atoms with E-state index < -0.39 is 35.8 Å². The molecule has 15 heteroatoms. The van der Waals surface area contributed by atoms with Crippen LogP contribution in [0.4, 0.5) is 19.0 Å². The summed E-state index contributed by atoms with van der Waals surface area (Å²) in [5, 5.41) is 10.7. The molecule has 6 rings (SSSR count). The van der Waals surface area contributed by atoms with Crippen LogP contribution in [0.25, 0.3) is 5.69 Å². The molecule has 4 aromatic rings. The van der Waals surface area contributed by atoms with E-state index in [1.807, 2.05) is 54.4 Å². The molecule has 2 aromatic carbocycles. The number of ether oxygens (including phenoxy) is 1. The Kier molecular flexibility index (Phi) is 9.62. The van der Waals surface area contributed by atoms with E-state index in [0.29, 0.717) is 54.2 Å². The number of hydrogen-bond acceptors (Lipinski definition) is 7. The third-order valence-corrected chi connectivity index (χ3v) is 8.98. The Morgan fingerprint density at radius 3 is 2.46 bits per heavy atom. The van der Waals surface area contributed by atoms with Crippen molar-refractivity contribution in [2.45, 2.75) is 37.8 Å². The van der Waals surface area contributed by atoms with E-state index in [4.69, 9.17) is 4.74 Å². The molecular weight excluding hydrogens is 653 g/mol. The van der Waals surface area contributed by atoms with Crippen molar-refractivity contribution in [3.63, 3.8) is 0 Å². The van der Waals surface area contributed by atoms with Crippen LogP contribution < -0.4 is 10.2 Å². The molecule has 1 N–H and O–H groups in total. The molecule has 2 aliphatic rings. The maximum absolute atomic E-state index is 14.3. The van der Waals surface area contributed by atoms with Crippen LogP contribution in [-0.4, -0.2) is 99.6 Å². The number of likely N-dealkylation sites (N-methyl/N-ethyl adjacent to an activating group) is 3. The summed E-state index contributed by atoms with van der Waals surface area (Å²) in [5.41, 5.74) is 2.67. The van der Waals surface area contributed by atoms with Crippen LogP contribution in [0.5, 0.6) is 0 Å². The minimum absolute atomic E-state index is 0.219. The Labute approximate surface area is 286 Å². The SMILES string of the molecule is C=C(CN(C)C1COC1)C(=O)N(C)Cc1cccc([C@@H]2c3cnn(-c4ccccc4)c3N(CC)C(=O)C2NC(=O)c2ccn(C(F)(F)F)n2)c1. The van der Waals surface area contributed by atoms with Gasteiger partial charge < -0.3 is 15.0 Å². The van der Waals surface area contributed by atoms with E-state index in [-0.39, 0.29) is 29.7 Å². The fraction of sp³-hybridized carbons (Fsp3) is 0.343. The monoisotopic (exact) mass is 690 g/mol. The van der Waals surface area contributed by atoms with Gasteiger partial charge >= 0.3 is 6.30 Å². The lowest BCUT2D eigenvalue weighted by molar-refractivity contribution is -0.212. The van der Waals surface area contributed by atoms with Crippen molar-refractivity contribution in [2.75, 3.05) is 45.3 Å². The lowest BCUT2D eigenvalue weighted by Gasteiger charge is -2.38. The molecule has 1 unspecified atom stereocenters. The summed E-state index contributed by atoms with van der Waals surface area (Å²) in [7, 11) is 3.60. The van der Waals surface area contributed by atoms with Crippen molar-refractivity contribution in [1.82, 2.24) is 34.7 Å². The van der Waals surface area contributed by atoms with Crippen LogP contribution in [0.1, 0.15) is 40.0 Å². The second-order valence-corrected chi connectivity index (χ2v) is 12.4. The van der Waals surface area contributed by atoms with Gasteiger partial charge in [-0.25, -0.2) is 4.68 Å². The van der Waals surface area contributed by atoms with Crippen LogP contribution in [0.3, 0.4) is 0 Å². The molecule has 2 atom stereocenters. The van der Waals surface area contributed by atoms with Gasteiger partial charge in [0, 0.05) is 49.9 Å². The van der Waals surface area contributed by atoms with Gasteiger partial charge in [0.2, 0.25) is 0 Å². The first-order valence-electron chi connectivity index (χ1n) is 16.1. The van der Waals surface area contributed by atoms with Gasteiger partial charge in [-0.05, 0) is 43.3 Å². The quantitative estimate of drug-likeness (QED) is 0.239. The molecular formula is C35H37F3N8O4. The molecule has 4 heterocycles. The maximum Gasteiger partial charge on any atom is 0.504 e. The number of alkyl halides is 3. The number of para-hydroxylation sites is 1. The van der Waals surface area contributed by atoms with E-state index >= 15 is 0 Å². The average Bonchev–Trinajstić information content (AvgIpc) is 3.73. The highest BCUT2D eigenvalue weighted by Crippen LogP contribution is 2.41. The Morgan fingerprint density at radius 1 is 1.08 bits per heavy atom. The first-order chi connectivity index (χ1) is 23.9. The Hall–Kier alpha value is -5.28. The van der Waals surface area contributed by atoms with Crippen molar-refractivity contribution in [2.24, 2.45) is 0 Å². The summed E-state index contributed by atoms with van der Waals surface area (Å²) in [6.07, 6.45) is -2.54. The highest BCUT2D eigenvalue weighted by atomic mass is 19.4. The zero-order valence-electron chi connectivity index (χ0n) is 27.8. The Balaban J connectivity index is 1.34. The Morgan fingerprint density at radius 2 is 1.82 bits per heavy atom. The number of benzene rings is 2. The predicted octanol–water partition coefficient (Wildman–Crippen LogP) is 3.69. The van der Waals surface area contributed by atoms with Crippen LogP contribution in [-0.2, 0) is 27.2 Å². The number of halogens is 3. The smallest absolute Gasteiger partial charge is 0.378 e. The van der Waals surface area contributed by atoms with Gasteiger partial charge in [-0.2, -0.15) is 14.9 Å². The van der Waals surface area contributed by atoms with Gasteiger partial charge in [0.25, 0.3) is 17.7 Å². The second-order valence-electron chi connectivity index (χ2n) is 12.4. The average molecular weight is 691 g/mol. The summed E-state index contributed by atoms with van der Waals surface area (Å²) in [4.78, 5) is 46.0. The summed E-state index contributed by atoms with van der Waals surface area (Å²) in [6, 6.07) is 16.5. The number of rotatable bonds is 11. The number of fused-ring (bicyclic) bond motifs is 1. The molecule has 2 aromatic heterocycles. The third kappa shape index (κ3) is 6.78. The summed E-state index contributed by atoms with van der Waals surface area (Å²) < 4.78 is 46.4. The molecule has 0 aliphatic carbocycles. The van der Waals surface area contributed by atoms with E-state index in [0.717, 1.165) is 11.6 Å². The van der Waals surface area contributed by atoms with E-state index in [9.17, 15) is 27.6 Å². The van der Waals surface area contributed by atoms with Gasteiger partial charge in [0.1, 0.15) is 17.6 Å². The molecule has 0 radical (unpaired) electrons. The van der Waals surface area contributed by atoms with Crippen LogP contribution in [0.15, 0.2) is 85.2 Å². The summed E-state index contributed by atoms with van der Waals surface area (Å²) >= 11 is 0. The van der Waals surface area contributed by atoms with Gasteiger partial charge in [-0.3, -0.25) is 24.2 Å². The summed E-state index contributed by atoms with van der Waals surface area (Å²) in [6.45, 7) is 7.88. The molecule has 1 fully saturated rings. The highest BCUT2D eigenvalue weighted by Gasteiger charge is 2.45. The van der Waals surface area contributed by atoms with Crippen LogP contribution in [0, 0.1) is 0 Å². The molecule has 0 bridgehead atoms. The lowest BCUT2D eigenvalue weighted by atomic mass is 9.82. The highest BCUT2D eigenvalue weighted by molar-refractivity contribution is 6.04. The topological polar surface area (TPSA) is 118 Å². The number of nitrogens with zero attached hydrogens (tertiary/aromatic N) is 7. The molecule has 0 saturated carbocycles. The van der Waals surface area contributed by atoms with Gasteiger partial charge in [-0.1, -0.05) is 49.0 Å². The first-order valence-corrected chi connectivity index (χ1v) is 16.1. The molecule has 262 valence electrons. The number of hydrogen-bond donors (Lipinski definition) is 1. The number of carbonyl (C=O) groups is 3. The molecule has 1 saturated heterocycles. The van der Waals surface area contributed by atoms with Crippen molar-refractivity contribution >= 4 is 23.5 Å². The van der Waals surface area contributed by atoms with Crippen LogP contribution in [0.2, 0.25) is 0 Å². The largest absolute Gasteiger partial charge is 0.504 e. The normalized spacial score (nSPS) is 17.7. The summed E-state index contributed by atoms with van der Waals surface area (Å²) in [5.74, 6) is -1.91. The van der Waals surface area contributed by atoms with Crippen LogP contribution >= 0.6 is 0 Å². The van der Waals surface area contributed by atoms with E-state index in [1.165, 1.54) is 4.90 Å². The molecule has 50 heavy (non-hydrogen) atoms. The minimum Gasteiger partial charge on any atom is -0.378 e. The standard InChI is InChI=1S/C35H37F3N8O4/c1-5-44-32-27(17-39-46(32)25-12-7-6-8-13-25)29(30(34(44)49)40-31(47)28-14-15-45(41-28)35(36,37)38)24-11-9-10-23(16-24)19-43(4)33(48)22(2)18-42(3)26-20-50-21-26/h6-17,26,29-30H,2,5,18-21H2,1,3-4H3,(H,40,47)/t29-,30?/m1/s1. The molecule has 0 spiro atoms. The fourth-order valence-electron chi connectivity index (χ4n) is 6.30. The van der Waals surface area contributed by atoms with Gasteiger partial charge in [-0.15, -0.1) is 13.2 Å². The number of aromatic nitrogens is 4. The van der Waals surface area contributed by atoms with E-state index in [1.54, 1.807) is 41.9 Å². The predicted molar refractivity (Wildman–Crippen MR) is 178 cm³/mol. The number of carbonyl (C=O) groups excluding carboxylic acids is 3. The van der Waals surface area contributed by atoms with Crippen molar-refractivity contribution in [3.8, 4) is 5.69 Å². The zero-order chi connectivity index (χ0) is 35.7. The maximum atomic E-state index is 14.3.